The number of halogens is 2. The lowest BCUT2D eigenvalue weighted by Gasteiger charge is -2.14. The topological polar surface area (TPSA) is 91.1 Å². The van der Waals surface area contributed by atoms with Crippen molar-refractivity contribution in [3.63, 3.8) is 0 Å². The van der Waals surface area contributed by atoms with Crippen molar-refractivity contribution in [1.29, 1.82) is 0 Å². The fraction of sp³-hybridized carbons (Fsp3) is 0.273. The summed E-state index contributed by atoms with van der Waals surface area (Å²) in [5, 5.41) is 9.50. The van der Waals surface area contributed by atoms with Gasteiger partial charge in [-0.3, -0.25) is 4.79 Å². The van der Waals surface area contributed by atoms with E-state index in [0.717, 1.165) is 28.1 Å². The van der Waals surface area contributed by atoms with E-state index in [-0.39, 0.29) is 24.5 Å². The van der Waals surface area contributed by atoms with Crippen LogP contribution in [-0.2, 0) is 24.2 Å². The molecule has 0 saturated carbocycles. The Labute approximate surface area is 189 Å². The van der Waals surface area contributed by atoms with Crippen LogP contribution in [0.3, 0.4) is 0 Å². The number of nitrogens with two attached hydrogens (primary N) is 1. The third kappa shape index (κ3) is 4.49. The Hall–Kier alpha value is -2.74. The quantitative estimate of drug-likeness (QED) is 0.450. The summed E-state index contributed by atoms with van der Waals surface area (Å²) in [5.74, 6) is 0.222. The van der Waals surface area contributed by atoms with Crippen LogP contribution in [-0.4, -0.2) is 30.2 Å². The molecule has 160 valence electrons. The Kier molecular flexibility index (Phi) is 6.09. The molecule has 0 fully saturated rings. The molecule has 4 rings (SSSR count). The number of carbonyl (C=O) groups excluding carboxylic acids is 1. The number of nitrogens with zero attached hydrogens (tertiary/aromatic N) is 5. The van der Waals surface area contributed by atoms with Crippen molar-refractivity contribution in [2.75, 3.05) is 0 Å². The Morgan fingerprint density at radius 2 is 1.94 bits per heavy atom. The summed E-state index contributed by atoms with van der Waals surface area (Å²) in [6.07, 6.45) is 5.81. The van der Waals surface area contributed by atoms with E-state index >= 15 is 0 Å². The molecule has 1 aromatic carbocycles. The van der Waals surface area contributed by atoms with Crippen molar-refractivity contribution in [3.8, 4) is 5.69 Å². The molecule has 0 aliphatic heterocycles. The van der Waals surface area contributed by atoms with Gasteiger partial charge in [0.15, 0.2) is 10.8 Å². The van der Waals surface area contributed by atoms with Gasteiger partial charge in [0.05, 0.1) is 22.6 Å². The monoisotopic (exact) mass is 456 g/mol. The van der Waals surface area contributed by atoms with Gasteiger partial charge in [-0.15, -0.1) is 0 Å². The van der Waals surface area contributed by atoms with Crippen LogP contribution >= 0.6 is 23.2 Å². The Balaban J connectivity index is 1.54. The highest BCUT2D eigenvalue weighted by atomic mass is 35.5. The first-order chi connectivity index (χ1) is 14.9. The fourth-order valence-corrected chi connectivity index (χ4v) is 4.12. The number of benzene rings is 1. The molecule has 31 heavy (non-hydrogen) atoms. The smallest absolute Gasteiger partial charge is 0.156 e. The Bertz CT molecular complexity index is 1260. The van der Waals surface area contributed by atoms with Gasteiger partial charge in [-0.1, -0.05) is 43.1 Å². The van der Waals surface area contributed by atoms with E-state index in [1.165, 1.54) is 0 Å². The van der Waals surface area contributed by atoms with Gasteiger partial charge in [-0.25, -0.2) is 14.2 Å². The standard InChI is InChI=1S/C22H22Cl2N6O/c1-13(2)22-16(11-26-21-8-20(24)28-30(21)22)7-17(31)5-14-3-4-19(18(23)6-14)29-12-15(9-25)10-27-29/h3-4,6,8,10-13H,5,7,9,25H2,1-2H3. The number of hydrogen-bond donors (Lipinski definition) is 1. The van der Waals surface area contributed by atoms with Crippen LogP contribution in [0.1, 0.15) is 42.1 Å². The highest BCUT2D eigenvalue weighted by Crippen LogP contribution is 2.25. The van der Waals surface area contributed by atoms with E-state index in [0.29, 0.717) is 22.4 Å². The average molecular weight is 457 g/mol. The van der Waals surface area contributed by atoms with Crippen molar-refractivity contribution < 1.29 is 4.79 Å². The minimum absolute atomic E-state index is 0.0645. The number of Topliss-reactive ketones (excluding diaryl/α,β-unsaturated/α-hetero) is 1. The van der Waals surface area contributed by atoms with E-state index in [1.807, 2.05) is 18.3 Å². The number of hydrogen-bond acceptors (Lipinski definition) is 5. The van der Waals surface area contributed by atoms with Crippen LogP contribution in [0.2, 0.25) is 10.2 Å². The SMILES string of the molecule is CC(C)c1c(CC(=O)Cc2ccc(-n3cc(CN)cn3)c(Cl)c2)cnc2cc(Cl)nn12. The summed E-state index contributed by atoms with van der Waals surface area (Å²) in [4.78, 5) is 17.2. The second-order valence-electron chi connectivity index (χ2n) is 7.74. The molecule has 0 spiro atoms. The van der Waals surface area contributed by atoms with E-state index in [1.54, 1.807) is 33.7 Å². The maximum absolute atomic E-state index is 12.8. The lowest BCUT2D eigenvalue weighted by Crippen LogP contribution is -2.13. The van der Waals surface area contributed by atoms with E-state index < -0.39 is 0 Å². The molecule has 4 aromatic rings. The molecule has 9 heteroatoms. The van der Waals surface area contributed by atoms with Crippen LogP contribution in [0.15, 0.2) is 42.9 Å². The van der Waals surface area contributed by atoms with Crippen LogP contribution in [0.25, 0.3) is 11.3 Å². The van der Waals surface area contributed by atoms with E-state index in [2.05, 4.69) is 29.0 Å². The van der Waals surface area contributed by atoms with Gasteiger partial charge in [-0.05, 0) is 29.2 Å². The van der Waals surface area contributed by atoms with Crippen LogP contribution < -0.4 is 5.73 Å². The molecule has 3 aromatic heterocycles. The molecule has 2 N–H and O–H groups in total. The summed E-state index contributed by atoms with van der Waals surface area (Å²) in [7, 11) is 0. The average Bonchev–Trinajstić information content (AvgIpc) is 3.33. The molecule has 0 unspecified atom stereocenters. The van der Waals surface area contributed by atoms with Crippen LogP contribution in [0.5, 0.6) is 0 Å². The normalized spacial score (nSPS) is 11.5. The zero-order valence-corrected chi connectivity index (χ0v) is 18.7. The first kappa shape index (κ1) is 21.5. The molecule has 0 aliphatic carbocycles. The third-order valence-corrected chi connectivity index (χ3v) is 5.52. The summed E-state index contributed by atoms with van der Waals surface area (Å²) >= 11 is 12.5. The molecule has 0 amide bonds. The highest BCUT2D eigenvalue weighted by Gasteiger charge is 2.17. The molecule has 0 aliphatic rings. The summed E-state index contributed by atoms with van der Waals surface area (Å²) in [6, 6.07) is 7.26. The summed E-state index contributed by atoms with van der Waals surface area (Å²) < 4.78 is 3.40. The number of ketones is 1. The first-order valence-electron chi connectivity index (χ1n) is 9.93. The molecule has 0 atom stereocenters. The maximum atomic E-state index is 12.8. The predicted molar refractivity (Wildman–Crippen MR) is 121 cm³/mol. The van der Waals surface area contributed by atoms with Crippen molar-refractivity contribution in [2.24, 2.45) is 5.73 Å². The predicted octanol–water partition coefficient (Wildman–Crippen LogP) is 4.16. The van der Waals surface area contributed by atoms with E-state index in [9.17, 15) is 4.79 Å². The second-order valence-corrected chi connectivity index (χ2v) is 8.53. The largest absolute Gasteiger partial charge is 0.326 e. The number of fused-ring (bicyclic) bond motifs is 1. The minimum Gasteiger partial charge on any atom is -0.326 e. The van der Waals surface area contributed by atoms with Crippen molar-refractivity contribution >= 4 is 34.6 Å². The van der Waals surface area contributed by atoms with Crippen LogP contribution in [0.4, 0.5) is 0 Å². The van der Waals surface area contributed by atoms with Crippen molar-refractivity contribution in [1.82, 2.24) is 24.4 Å². The minimum atomic E-state index is 0.0645. The van der Waals surface area contributed by atoms with Gasteiger partial charge < -0.3 is 5.73 Å². The zero-order valence-electron chi connectivity index (χ0n) is 17.2. The zero-order chi connectivity index (χ0) is 22.1. The third-order valence-electron chi connectivity index (χ3n) is 5.04. The molecule has 7 nitrogen and oxygen atoms in total. The number of rotatable bonds is 7. The van der Waals surface area contributed by atoms with Gasteiger partial charge in [-0.2, -0.15) is 10.2 Å². The maximum Gasteiger partial charge on any atom is 0.156 e. The van der Waals surface area contributed by atoms with Gasteiger partial charge in [0.1, 0.15) is 5.78 Å². The number of carbonyl (C=O) groups is 1. The molecular formula is C22H22Cl2N6O. The van der Waals surface area contributed by atoms with Gasteiger partial charge in [0.2, 0.25) is 0 Å². The van der Waals surface area contributed by atoms with Gasteiger partial charge >= 0.3 is 0 Å². The molecule has 3 heterocycles. The van der Waals surface area contributed by atoms with Crippen molar-refractivity contribution in [2.45, 2.75) is 39.2 Å². The van der Waals surface area contributed by atoms with E-state index in [4.69, 9.17) is 28.9 Å². The Morgan fingerprint density at radius 3 is 2.61 bits per heavy atom. The first-order valence-corrected chi connectivity index (χ1v) is 10.7. The molecular weight excluding hydrogens is 435 g/mol. The molecule has 0 bridgehead atoms. The summed E-state index contributed by atoms with van der Waals surface area (Å²) in [6.45, 7) is 4.53. The lowest BCUT2D eigenvalue weighted by molar-refractivity contribution is -0.117. The lowest BCUT2D eigenvalue weighted by atomic mass is 9.98. The fourth-order valence-electron chi connectivity index (χ4n) is 3.66. The molecule has 0 radical (unpaired) electrons. The van der Waals surface area contributed by atoms with Crippen molar-refractivity contribution in [3.05, 3.63) is 75.4 Å². The Morgan fingerprint density at radius 1 is 1.13 bits per heavy atom. The van der Waals surface area contributed by atoms with Gasteiger partial charge in [0, 0.05) is 43.4 Å². The second kappa shape index (κ2) is 8.78. The van der Waals surface area contributed by atoms with Crippen LogP contribution in [0, 0.1) is 0 Å². The van der Waals surface area contributed by atoms with Gasteiger partial charge in [0.25, 0.3) is 0 Å². The summed E-state index contributed by atoms with van der Waals surface area (Å²) in [5.41, 5.74) is 10.6. The highest BCUT2D eigenvalue weighted by molar-refractivity contribution is 6.32. The molecule has 0 saturated heterocycles. The number of aromatic nitrogens is 5.